The molecule has 2 heterocycles. The van der Waals surface area contributed by atoms with Crippen molar-refractivity contribution in [2.24, 2.45) is 0 Å². The van der Waals surface area contributed by atoms with Crippen LogP contribution in [0.2, 0.25) is 0 Å². The molecule has 0 aliphatic carbocycles. The average molecular weight is 420 g/mol. The Bertz CT molecular complexity index is 933. The largest absolute Gasteiger partial charge is 0.343 e. The topological polar surface area (TPSA) is 86.8 Å². The van der Waals surface area contributed by atoms with Crippen molar-refractivity contribution in [3.05, 3.63) is 63.7 Å². The quantitative estimate of drug-likeness (QED) is 0.771. The summed E-state index contributed by atoms with van der Waals surface area (Å²) in [6.45, 7) is 0.948. The number of hydrogen-bond donors (Lipinski definition) is 1. The maximum absolute atomic E-state index is 12.5. The lowest BCUT2D eigenvalue weighted by molar-refractivity contribution is -0.131. The van der Waals surface area contributed by atoms with Gasteiger partial charge in [-0.1, -0.05) is 30.3 Å². The first-order chi connectivity index (χ1) is 13.5. The van der Waals surface area contributed by atoms with E-state index in [1.807, 2.05) is 30.3 Å². The Hall–Kier alpha value is -2.49. The Kier molecular flexibility index (Phi) is 6.61. The summed E-state index contributed by atoms with van der Waals surface area (Å²) in [5.74, 6) is -0.512. The smallest absolute Gasteiger partial charge is 0.252 e. The van der Waals surface area contributed by atoms with Gasteiger partial charge in [0.1, 0.15) is 0 Å². The minimum Gasteiger partial charge on any atom is -0.343 e. The zero-order chi connectivity index (χ0) is 20.0. The summed E-state index contributed by atoms with van der Waals surface area (Å²) < 4.78 is 26.3. The summed E-state index contributed by atoms with van der Waals surface area (Å²) in [4.78, 5) is 25.7. The number of carbonyl (C=O) groups is 2. The standard InChI is InChI=1S/C19H21N3O4S2/c23-18(14-20-19(24)17-6-12-27-15-17)21-8-10-22(11-9-21)28(25,26)13-7-16-4-2-1-3-5-16/h1-7,12-13,15H,8-11,14H2,(H,20,24)/b13-7+. The highest BCUT2D eigenvalue weighted by molar-refractivity contribution is 7.92. The number of hydrogen-bond acceptors (Lipinski definition) is 5. The first kappa shape index (κ1) is 20.2. The van der Waals surface area contributed by atoms with Crippen molar-refractivity contribution in [2.75, 3.05) is 32.7 Å². The van der Waals surface area contributed by atoms with Gasteiger partial charge in [0.25, 0.3) is 5.91 Å². The van der Waals surface area contributed by atoms with Crippen molar-refractivity contribution in [1.82, 2.24) is 14.5 Å². The monoisotopic (exact) mass is 419 g/mol. The van der Waals surface area contributed by atoms with Gasteiger partial charge in [-0.15, -0.1) is 0 Å². The van der Waals surface area contributed by atoms with Gasteiger partial charge in [-0.05, 0) is 23.1 Å². The van der Waals surface area contributed by atoms with Gasteiger partial charge in [0, 0.05) is 42.5 Å². The lowest BCUT2D eigenvalue weighted by Crippen LogP contribution is -2.52. The lowest BCUT2D eigenvalue weighted by atomic mass is 10.2. The molecule has 2 aromatic rings. The third-order valence-electron chi connectivity index (χ3n) is 4.37. The summed E-state index contributed by atoms with van der Waals surface area (Å²) in [6, 6.07) is 10.9. The number of benzene rings is 1. The van der Waals surface area contributed by atoms with Gasteiger partial charge in [0.2, 0.25) is 15.9 Å². The molecule has 1 aromatic heterocycles. The van der Waals surface area contributed by atoms with E-state index in [1.165, 1.54) is 21.1 Å². The fraction of sp³-hybridized carbons (Fsp3) is 0.263. The molecule has 148 valence electrons. The fourth-order valence-electron chi connectivity index (χ4n) is 2.77. The van der Waals surface area contributed by atoms with Crippen LogP contribution in [-0.2, 0) is 14.8 Å². The van der Waals surface area contributed by atoms with Crippen LogP contribution in [0.5, 0.6) is 0 Å². The first-order valence-electron chi connectivity index (χ1n) is 8.77. The Morgan fingerprint density at radius 1 is 1.07 bits per heavy atom. The molecular formula is C19H21N3O4S2. The molecule has 1 aliphatic rings. The average Bonchev–Trinajstić information content (AvgIpc) is 3.26. The first-order valence-corrected chi connectivity index (χ1v) is 11.2. The molecule has 0 unspecified atom stereocenters. The third-order valence-corrected chi connectivity index (χ3v) is 6.61. The predicted octanol–water partition coefficient (Wildman–Crippen LogP) is 1.62. The molecular weight excluding hydrogens is 398 g/mol. The van der Waals surface area contributed by atoms with Gasteiger partial charge in [-0.3, -0.25) is 9.59 Å². The zero-order valence-corrected chi connectivity index (χ0v) is 16.8. The van der Waals surface area contributed by atoms with Crippen LogP contribution in [0.15, 0.2) is 52.6 Å². The van der Waals surface area contributed by atoms with E-state index in [9.17, 15) is 18.0 Å². The maximum atomic E-state index is 12.5. The molecule has 0 atom stereocenters. The second kappa shape index (κ2) is 9.13. The van der Waals surface area contributed by atoms with Crippen molar-refractivity contribution < 1.29 is 18.0 Å². The van der Waals surface area contributed by atoms with Gasteiger partial charge in [-0.25, -0.2) is 8.42 Å². The second-order valence-electron chi connectivity index (χ2n) is 6.23. The minimum absolute atomic E-state index is 0.102. The van der Waals surface area contributed by atoms with E-state index >= 15 is 0 Å². The Morgan fingerprint density at radius 2 is 1.79 bits per heavy atom. The van der Waals surface area contributed by atoms with Crippen LogP contribution in [0, 0.1) is 0 Å². The molecule has 2 amide bonds. The van der Waals surface area contributed by atoms with Crippen molar-refractivity contribution in [1.29, 1.82) is 0 Å². The predicted molar refractivity (Wildman–Crippen MR) is 109 cm³/mol. The molecule has 28 heavy (non-hydrogen) atoms. The van der Waals surface area contributed by atoms with Gasteiger partial charge in [0.05, 0.1) is 6.54 Å². The van der Waals surface area contributed by atoms with Gasteiger partial charge < -0.3 is 10.2 Å². The van der Waals surface area contributed by atoms with E-state index in [0.717, 1.165) is 5.56 Å². The van der Waals surface area contributed by atoms with E-state index in [1.54, 1.807) is 27.8 Å². The minimum atomic E-state index is -3.54. The molecule has 9 heteroatoms. The van der Waals surface area contributed by atoms with E-state index in [2.05, 4.69) is 5.32 Å². The highest BCUT2D eigenvalue weighted by atomic mass is 32.2. The van der Waals surface area contributed by atoms with Crippen molar-refractivity contribution in [3.63, 3.8) is 0 Å². The molecule has 3 rings (SSSR count). The van der Waals surface area contributed by atoms with E-state index in [4.69, 9.17) is 0 Å². The summed E-state index contributed by atoms with van der Waals surface area (Å²) >= 11 is 1.41. The van der Waals surface area contributed by atoms with E-state index < -0.39 is 10.0 Å². The Morgan fingerprint density at radius 3 is 2.43 bits per heavy atom. The molecule has 0 saturated carbocycles. The maximum Gasteiger partial charge on any atom is 0.252 e. The molecule has 1 aromatic carbocycles. The molecule has 1 saturated heterocycles. The molecule has 1 N–H and O–H groups in total. The van der Waals surface area contributed by atoms with E-state index in [-0.39, 0.29) is 31.4 Å². The number of thiophene rings is 1. The SMILES string of the molecule is O=C(NCC(=O)N1CCN(S(=O)(=O)/C=C/c2ccccc2)CC1)c1ccsc1. The fourth-order valence-corrected chi connectivity index (χ4v) is 4.58. The van der Waals surface area contributed by atoms with Crippen LogP contribution >= 0.6 is 11.3 Å². The number of carbonyl (C=O) groups excluding carboxylic acids is 2. The van der Waals surface area contributed by atoms with Gasteiger partial charge in [-0.2, -0.15) is 15.6 Å². The number of amides is 2. The number of piperazine rings is 1. The summed E-state index contributed by atoms with van der Waals surface area (Å²) in [7, 11) is -3.54. The lowest BCUT2D eigenvalue weighted by Gasteiger charge is -2.33. The van der Waals surface area contributed by atoms with Crippen molar-refractivity contribution in [3.8, 4) is 0 Å². The number of rotatable bonds is 6. The van der Waals surface area contributed by atoms with Crippen molar-refractivity contribution >= 4 is 39.3 Å². The van der Waals surface area contributed by atoms with Gasteiger partial charge >= 0.3 is 0 Å². The molecule has 0 radical (unpaired) electrons. The molecule has 1 fully saturated rings. The van der Waals surface area contributed by atoms with Crippen LogP contribution in [0.25, 0.3) is 6.08 Å². The number of sulfonamides is 1. The van der Waals surface area contributed by atoms with Crippen LogP contribution in [0.4, 0.5) is 0 Å². The molecule has 1 aliphatic heterocycles. The van der Waals surface area contributed by atoms with Crippen molar-refractivity contribution in [2.45, 2.75) is 0 Å². The summed E-state index contributed by atoms with van der Waals surface area (Å²) in [6.07, 6.45) is 1.56. The van der Waals surface area contributed by atoms with Crippen LogP contribution in [0.1, 0.15) is 15.9 Å². The highest BCUT2D eigenvalue weighted by Gasteiger charge is 2.27. The van der Waals surface area contributed by atoms with E-state index in [0.29, 0.717) is 18.7 Å². The normalized spacial score (nSPS) is 15.6. The molecule has 0 spiro atoms. The summed E-state index contributed by atoms with van der Waals surface area (Å²) in [5.41, 5.74) is 1.33. The summed E-state index contributed by atoms with van der Waals surface area (Å²) in [5, 5.41) is 7.30. The van der Waals surface area contributed by atoms with Gasteiger partial charge in [0.15, 0.2) is 0 Å². The van der Waals surface area contributed by atoms with Crippen LogP contribution < -0.4 is 5.32 Å². The highest BCUT2D eigenvalue weighted by Crippen LogP contribution is 2.12. The molecule has 7 nitrogen and oxygen atoms in total. The third kappa shape index (κ3) is 5.28. The Labute approximate surface area is 168 Å². The number of nitrogens with one attached hydrogen (secondary N) is 1. The Balaban J connectivity index is 1.48. The number of nitrogens with zero attached hydrogens (tertiary/aromatic N) is 2. The zero-order valence-electron chi connectivity index (χ0n) is 15.2. The van der Waals surface area contributed by atoms with Crippen LogP contribution in [0.3, 0.4) is 0 Å². The molecule has 0 bridgehead atoms. The second-order valence-corrected chi connectivity index (χ2v) is 8.83. The van der Waals surface area contributed by atoms with Crippen LogP contribution in [-0.4, -0.2) is 62.2 Å².